The topological polar surface area (TPSA) is 29.5 Å². The van der Waals surface area contributed by atoms with E-state index in [0.717, 1.165) is 38.8 Å². The number of benzene rings is 2. The van der Waals surface area contributed by atoms with Gasteiger partial charge in [-0.25, -0.2) is 0 Å². The van der Waals surface area contributed by atoms with E-state index in [2.05, 4.69) is 61.2 Å². The van der Waals surface area contributed by atoms with Gasteiger partial charge in [-0.15, -0.1) is 0 Å². The highest BCUT2D eigenvalue weighted by Gasteiger charge is 2.33. The zero-order valence-electron chi connectivity index (χ0n) is 18.8. The van der Waals surface area contributed by atoms with Gasteiger partial charge in [-0.1, -0.05) is 67.6 Å². The Kier molecular flexibility index (Phi) is 8.09. The fraction of sp³-hybridized carbons (Fsp3) is 0.519. The molecule has 1 saturated heterocycles. The van der Waals surface area contributed by atoms with Gasteiger partial charge in [-0.05, 0) is 62.5 Å². The van der Waals surface area contributed by atoms with Gasteiger partial charge in [0.25, 0.3) is 0 Å². The Morgan fingerprint density at radius 3 is 2.30 bits per heavy atom. The maximum absolute atomic E-state index is 12.7. The van der Waals surface area contributed by atoms with Gasteiger partial charge in [-0.3, -0.25) is 4.79 Å². The molecular weight excluding hydrogens is 370 g/mol. The van der Waals surface area contributed by atoms with Crippen LogP contribution in [0.15, 0.2) is 60.7 Å². The molecule has 30 heavy (non-hydrogen) atoms. The second kappa shape index (κ2) is 10.8. The number of amides is 1. The van der Waals surface area contributed by atoms with Crippen molar-refractivity contribution in [3.8, 4) is 0 Å². The third kappa shape index (κ3) is 6.70. The minimum absolute atomic E-state index is 0.0547. The highest BCUT2D eigenvalue weighted by molar-refractivity contribution is 5.75. The lowest BCUT2D eigenvalue weighted by Crippen LogP contribution is -2.39. The largest absolute Gasteiger partial charge is 0.376 e. The summed E-state index contributed by atoms with van der Waals surface area (Å²) in [5.74, 6) is 1.42. The van der Waals surface area contributed by atoms with Crippen LogP contribution in [0.4, 0.5) is 0 Å². The van der Waals surface area contributed by atoms with E-state index in [-0.39, 0.29) is 11.5 Å². The molecule has 0 aromatic heterocycles. The SMILES string of the molecule is CCC(=O)N(CC[C@H](Cc1ccccc1)[C@H]1CCOC(C)(C)C1)Cc1ccccc1. The number of hydrogen-bond donors (Lipinski definition) is 0. The minimum Gasteiger partial charge on any atom is -0.376 e. The molecule has 1 heterocycles. The third-order valence-electron chi connectivity index (χ3n) is 6.38. The number of hydrogen-bond acceptors (Lipinski definition) is 2. The highest BCUT2D eigenvalue weighted by Crippen LogP contribution is 2.36. The molecule has 3 heteroatoms. The zero-order chi connectivity index (χ0) is 21.4. The lowest BCUT2D eigenvalue weighted by molar-refractivity contribution is -0.132. The van der Waals surface area contributed by atoms with E-state index in [1.807, 2.05) is 25.1 Å². The monoisotopic (exact) mass is 407 g/mol. The van der Waals surface area contributed by atoms with Gasteiger partial charge in [0.1, 0.15) is 0 Å². The maximum atomic E-state index is 12.7. The Labute approximate surface area is 182 Å². The average Bonchev–Trinajstić information content (AvgIpc) is 2.75. The first kappa shape index (κ1) is 22.6. The van der Waals surface area contributed by atoms with E-state index >= 15 is 0 Å². The lowest BCUT2D eigenvalue weighted by Gasteiger charge is -2.40. The Hall–Kier alpha value is -2.13. The standard InChI is InChI=1S/C27H37NO2/c1-4-26(29)28(21-23-13-9-6-10-14-23)17-15-24(19-22-11-7-5-8-12-22)25-16-18-30-27(2,3)20-25/h5-14,24-25H,4,15-21H2,1-3H3/t24-,25+/m1/s1. The van der Waals surface area contributed by atoms with Crippen LogP contribution in [-0.4, -0.2) is 29.6 Å². The molecule has 1 aliphatic heterocycles. The van der Waals surface area contributed by atoms with Crippen molar-refractivity contribution in [3.63, 3.8) is 0 Å². The van der Waals surface area contributed by atoms with E-state index in [9.17, 15) is 4.79 Å². The lowest BCUT2D eigenvalue weighted by atomic mass is 9.75. The van der Waals surface area contributed by atoms with Crippen molar-refractivity contribution in [1.82, 2.24) is 4.90 Å². The van der Waals surface area contributed by atoms with E-state index in [0.29, 0.717) is 24.8 Å². The van der Waals surface area contributed by atoms with Crippen LogP contribution in [0.1, 0.15) is 57.6 Å². The van der Waals surface area contributed by atoms with Crippen LogP contribution in [0, 0.1) is 11.8 Å². The second-order valence-electron chi connectivity index (χ2n) is 9.25. The van der Waals surface area contributed by atoms with Crippen LogP contribution in [0.25, 0.3) is 0 Å². The number of rotatable bonds is 9. The first-order chi connectivity index (χ1) is 14.5. The number of nitrogens with zero attached hydrogens (tertiary/aromatic N) is 1. The van der Waals surface area contributed by atoms with Crippen molar-refractivity contribution < 1.29 is 9.53 Å². The summed E-state index contributed by atoms with van der Waals surface area (Å²) in [7, 11) is 0. The summed E-state index contributed by atoms with van der Waals surface area (Å²) in [5, 5.41) is 0. The molecule has 1 aliphatic rings. The van der Waals surface area contributed by atoms with Gasteiger partial charge in [0.05, 0.1) is 5.60 Å². The fourth-order valence-corrected chi connectivity index (χ4v) is 4.74. The van der Waals surface area contributed by atoms with Crippen LogP contribution in [-0.2, 0) is 22.5 Å². The first-order valence-electron chi connectivity index (χ1n) is 11.5. The van der Waals surface area contributed by atoms with Gasteiger partial charge in [0.2, 0.25) is 5.91 Å². The molecule has 0 N–H and O–H groups in total. The molecule has 0 unspecified atom stereocenters. The highest BCUT2D eigenvalue weighted by atomic mass is 16.5. The molecule has 1 fully saturated rings. The smallest absolute Gasteiger partial charge is 0.222 e. The average molecular weight is 408 g/mol. The molecule has 2 atom stereocenters. The quantitative estimate of drug-likeness (QED) is 0.519. The fourth-order valence-electron chi connectivity index (χ4n) is 4.74. The molecule has 0 saturated carbocycles. The van der Waals surface area contributed by atoms with E-state index in [4.69, 9.17) is 4.74 Å². The molecule has 3 nitrogen and oxygen atoms in total. The number of carbonyl (C=O) groups excluding carboxylic acids is 1. The zero-order valence-corrected chi connectivity index (χ0v) is 18.8. The normalized spacial score (nSPS) is 19.2. The summed E-state index contributed by atoms with van der Waals surface area (Å²) < 4.78 is 5.99. The summed E-state index contributed by atoms with van der Waals surface area (Å²) in [6.07, 6.45) is 4.86. The van der Waals surface area contributed by atoms with E-state index < -0.39 is 0 Å². The molecule has 2 aromatic carbocycles. The Balaban J connectivity index is 1.72. The van der Waals surface area contributed by atoms with Crippen molar-refractivity contribution in [2.75, 3.05) is 13.2 Å². The molecule has 162 valence electrons. The molecule has 1 amide bonds. The molecule has 2 aromatic rings. The van der Waals surface area contributed by atoms with Crippen LogP contribution >= 0.6 is 0 Å². The van der Waals surface area contributed by atoms with Crippen molar-refractivity contribution in [1.29, 1.82) is 0 Å². The maximum Gasteiger partial charge on any atom is 0.222 e. The Bertz CT molecular complexity index is 772. The molecule has 0 spiro atoms. The van der Waals surface area contributed by atoms with E-state index in [1.165, 1.54) is 11.1 Å². The minimum atomic E-state index is -0.0547. The van der Waals surface area contributed by atoms with Crippen molar-refractivity contribution >= 4 is 5.91 Å². The Morgan fingerprint density at radius 2 is 1.70 bits per heavy atom. The first-order valence-corrected chi connectivity index (χ1v) is 11.5. The molecule has 3 rings (SSSR count). The van der Waals surface area contributed by atoms with Gasteiger partial charge in [0, 0.05) is 26.1 Å². The molecule has 0 radical (unpaired) electrons. The van der Waals surface area contributed by atoms with Crippen LogP contribution in [0.2, 0.25) is 0 Å². The number of ether oxygens (including phenoxy) is 1. The summed E-state index contributed by atoms with van der Waals surface area (Å²) in [5.41, 5.74) is 2.54. The van der Waals surface area contributed by atoms with Crippen molar-refractivity contribution in [3.05, 3.63) is 71.8 Å². The number of carbonyl (C=O) groups is 1. The van der Waals surface area contributed by atoms with Gasteiger partial charge >= 0.3 is 0 Å². The molecule has 0 aliphatic carbocycles. The third-order valence-corrected chi connectivity index (χ3v) is 6.38. The second-order valence-corrected chi connectivity index (χ2v) is 9.25. The summed E-state index contributed by atoms with van der Waals surface area (Å²) in [6, 6.07) is 21.1. The van der Waals surface area contributed by atoms with Crippen molar-refractivity contribution in [2.24, 2.45) is 11.8 Å². The summed E-state index contributed by atoms with van der Waals surface area (Å²) in [4.78, 5) is 14.7. The van der Waals surface area contributed by atoms with Crippen LogP contribution in [0.5, 0.6) is 0 Å². The predicted octanol–water partition coefficient (Wildman–Crippen LogP) is 5.88. The predicted molar refractivity (Wildman–Crippen MR) is 123 cm³/mol. The van der Waals surface area contributed by atoms with Crippen LogP contribution < -0.4 is 0 Å². The molecule has 0 bridgehead atoms. The summed E-state index contributed by atoms with van der Waals surface area (Å²) >= 11 is 0. The van der Waals surface area contributed by atoms with Gasteiger partial charge < -0.3 is 9.64 Å². The Morgan fingerprint density at radius 1 is 1.07 bits per heavy atom. The van der Waals surface area contributed by atoms with Crippen molar-refractivity contribution in [2.45, 2.75) is 65.0 Å². The summed E-state index contributed by atoms with van der Waals surface area (Å²) in [6.45, 7) is 8.73. The van der Waals surface area contributed by atoms with Gasteiger partial charge in [0.15, 0.2) is 0 Å². The van der Waals surface area contributed by atoms with E-state index in [1.54, 1.807) is 0 Å². The van der Waals surface area contributed by atoms with Crippen LogP contribution in [0.3, 0.4) is 0 Å². The van der Waals surface area contributed by atoms with Gasteiger partial charge in [-0.2, -0.15) is 0 Å². The molecular formula is C27H37NO2.